The summed E-state index contributed by atoms with van der Waals surface area (Å²) in [7, 11) is 0. The van der Waals surface area contributed by atoms with E-state index in [2.05, 4.69) is 10.3 Å². The molecule has 0 fully saturated rings. The van der Waals surface area contributed by atoms with E-state index in [1.807, 2.05) is 30.3 Å². The second kappa shape index (κ2) is 8.18. The van der Waals surface area contributed by atoms with Crippen LogP contribution >= 0.6 is 0 Å². The van der Waals surface area contributed by atoms with Crippen LogP contribution in [0.5, 0.6) is 0 Å². The van der Waals surface area contributed by atoms with Crippen LogP contribution in [0.15, 0.2) is 66.9 Å². The van der Waals surface area contributed by atoms with E-state index in [1.165, 1.54) is 12.1 Å². The van der Waals surface area contributed by atoms with Crippen molar-refractivity contribution >= 4 is 11.7 Å². The molecule has 3 aromatic rings. The van der Waals surface area contributed by atoms with Crippen LogP contribution < -0.4 is 5.32 Å². The highest BCUT2D eigenvalue weighted by molar-refractivity contribution is 5.81. The van der Waals surface area contributed by atoms with Gasteiger partial charge >= 0.3 is 6.18 Å². The first-order valence-corrected chi connectivity index (χ1v) is 9.63. The van der Waals surface area contributed by atoms with Crippen LogP contribution in [0.3, 0.4) is 0 Å². The Hall–Kier alpha value is -3.35. The summed E-state index contributed by atoms with van der Waals surface area (Å²) in [6, 6.07) is 16.5. The van der Waals surface area contributed by atoms with Gasteiger partial charge in [-0.3, -0.25) is 4.79 Å². The highest BCUT2D eigenvalue weighted by Crippen LogP contribution is 2.34. The maximum absolute atomic E-state index is 12.8. The highest BCUT2D eigenvalue weighted by atomic mass is 19.4. The van der Waals surface area contributed by atoms with E-state index in [9.17, 15) is 18.0 Å². The molecule has 0 unspecified atom stereocenters. The molecule has 154 valence electrons. The SMILES string of the molecule is O=C(CNc1ccccn1)N1CCc2c(cccc2-c2ccc(C(F)(F)F)cc2)C1. The van der Waals surface area contributed by atoms with E-state index in [4.69, 9.17) is 0 Å². The van der Waals surface area contributed by atoms with Crippen molar-refractivity contribution in [3.05, 3.63) is 83.6 Å². The van der Waals surface area contributed by atoms with Gasteiger partial charge in [-0.05, 0) is 52.9 Å². The number of benzene rings is 2. The number of hydrogen-bond donors (Lipinski definition) is 1. The van der Waals surface area contributed by atoms with Gasteiger partial charge in [-0.25, -0.2) is 4.98 Å². The van der Waals surface area contributed by atoms with Crippen LogP contribution in [-0.4, -0.2) is 28.9 Å². The minimum atomic E-state index is -4.35. The van der Waals surface area contributed by atoms with E-state index < -0.39 is 11.7 Å². The van der Waals surface area contributed by atoms with E-state index in [1.54, 1.807) is 17.2 Å². The van der Waals surface area contributed by atoms with E-state index in [0.29, 0.717) is 25.3 Å². The summed E-state index contributed by atoms with van der Waals surface area (Å²) in [4.78, 5) is 18.5. The largest absolute Gasteiger partial charge is 0.416 e. The van der Waals surface area contributed by atoms with Crippen molar-refractivity contribution in [1.29, 1.82) is 0 Å². The zero-order valence-electron chi connectivity index (χ0n) is 16.1. The Labute approximate surface area is 172 Å². The van der Waals surface area contributed by atoms with Crippen molar-refractivity contribution < 1.29 is 18.0 Å². The molecule has 2 heterocycles. The van der Waals surface area contributed by atoms with Gasteiger partial charge in [0.05, 0.1) is 12.1 Å². The number of rotatable bonds is 4. The molecule has 0 saturated heterocycles. The Kier molecular flexibility index (Phi) is 5.44. The fraction of sp³-hybridized carbons (Fsp3) is 0.217. The van der Waals surface area contributed by atoms with Crippen LogP contribution in [-0.2, 0) is 23.9 Å². The second-order valence-electron chi connectivity index (χ2n) is 7.15. The number of nitrogens with zero attached hydrogens (tertiary/aromatic N) is 2. The molecule has 30 heavy (non-hydrogen) atoms. The second-order valence-corrected chi connectivity index (χ2v) is 7.15. The molecule has 0 radical (unpaired) electrons. The van der Waals surface area contributed by atoms with Crippen molar-refractivity contribution in [3.8, 4) is 11.1 Å². The molecule has 1 aliphatic rings. The Morgan fingerprint density at radius 3 is 2.53 bits per heavy atom. The third-order valence-corrected chi connectivity index (χ3v) is 5.23. The maximum Gasteiger partial charge on any atom is 0.416 e. The predicted molar refractivity (Wildman–Crippen MR) is 109 cm³/mol. The molecule has 1 aliphatic heterocycles. The number of anilines is 1. The topological polar surface area (TPSA) is 45.2 Å². The van der Waals surface area contributed by atoms with Crippen LogP contribution in [0, 0.1) is 0 Å². The zero-order chi connectivity index (χ0) is 21.1. The molecule has 7 heteroatoms. The van der Waals surface area contributed by atoms with Gasteiger partial charge in [0.15, 0.2) is 0 Å². The molecule has 0 spiro atoms. The van der Waals surface area contributed by atoms with Gasteiger partial charge in [0.1, 0.15) is 5.82 Å². The molecular formula is C23H20F3N3O. The quantitative estimate of drug-likeness (QED) is 0.673. The number of aromatic nitrogens is 1. The van der Waals surface area contributed by atoms with Crippen molar-refractivity contribution in [2.75, 3.05) is 18.4 Å². The van der Waals surface area contributed by atoms with Gasteiger partial charge in [0, 0.05) is 19.3 Å². The molecule has 0 saturated carbocycles. The molecule has 2 aromatic carbocycles. The lowest BCUT2D eigenvalue weighted by atomic mass is 9.90. The van der Waals surface area contributed by atoms with Crippen molar-refractivity contribution in [2.24, 2.45) is 0 Å². The lowest BCUT2D eigenvalue weighted by Crippen LogP contribution is -2.39. The molecule has 4 nitrogen and oxygen atoms in total. The number of carbonyl (C=O) groups is 1. The van der Waals surface area contributed by atoms with Crippen molar-refractivity contribution in [1.82, 2.24) is 9.88 Å². The van der Waals surface area contributed by atoms with Gasteiger partial charge in [-0.15, -0.1) is 0 Å². The maximum atomic E-state index is 12.8. The van der Waals surface area contributed by atoms with E-state index in [-0.39, 0.29) is 12.5 Å². The first-order valence-electron chi connectivity index (χ1n) is 9.63. The van der Waals surface area contributed by atoms with Gasteiger partial charge in [-0.2, -0.15) is 13.2 Å². The Balaban J connectivity index is 1.48. The molecule has 1 aromatic heterocycles. The van der Waals surface area contributed by atoms with Crippen molar-refractivity contribution in [3.63, 3.8) is 0 Å². The van der Waals surface area contributed by atoms with Gasteiger partial charge in [-0.1, -0.05) is 36.4 Å². The molecule has 1 N–H and O–H groups in total. The fourth-order valence-electron chi connectivity index (χ4n) is 3.68. The molecule has 0 bridgehead atoms. The molecule has 0 aliphatic carbocycles. The summed E-state index contributed by atoms with van der Waals surface area (Å²) in [6.45, 7) is 1.20. The monoisotopic (exact) mass is 411 g/mol. The summed E-state index contributed by atoms with van der Waals surface area (Å²) in [5.74, 6) is 0.624. The number of fused-ring (bicyclic) bond motifs is 1. The minimum Gasteiger partial charge on any atom is -0.361 e. The average Bonchev–Trinajstić information content (AvgIpc) is 2.77. The summed E-state index contributed by atoms with van der Waals surface area (Å²) < 4.78 is 38.5. The lowest BCUT2D eigenvalue weighted by molar-refractivity contribution is -0.137. The molecular weight excluding hydrogens is 391 g/mol. The smallest absolute Gasteiger partial charge is 0.361 e. The van der Waals surface area contributed by atoms with Gasteiger partial charge in [0.2, 0.25) is 5.91 Å². The standard InChI is InChI=1S/C23H20F3N3O/c24-23(25,26)18-9-7-16(8-10-18)19-5-3-4-17-15-29(13-11-20(17)19)22(30)14-28-21-6-1-2-12-27-21/h1-10,12H,11,13-15H2,(H,27,28). The van der Waals surface area contributed by atoms with Gasteiger partial charge in [0.25, 0.3) is 0 Å². The minimum absolute atomic E-state index is 0.0220. The first-order chi connectivity index (χ1) is 14.4. The van der Waals surface area contributed by atoms with E-state index >= 15 is 0 Å². The fourth-order valence-corrected chi connectivity index (χ4v) is 3.68. The number of hydrogen-bond acceptors (Lipinski definition) is 3. The third-order valence-electron chi connectivity index (χ3n) is 5.23. The Morgan fingerprint density at radius 1 is 1.03 bits per heavy atom. The van der Waals surface area contributed by atoms with Crippen molar-refractivity contribution in [2.45, 2.75) is 19.1 Å². The first kappa shape index (κ1) is 19.9. The number of amides is 1. The number of halogens is 3. The van der Waals surface area contributed by atoms with Crippen LogP contribution in [0.4, 0.5) is 19.0 Å². The Morgan fingerprint density at radius 2 is 1.83 bits per heavy atom. The lowest BCUT2D eigenvalue weighted by Gasteiger charge is -2.30. The van der Waals surface area contributed by atoms with Crippen LogP contribution in [0.25, 0.3) is 11.1 Å². The van der Waals surface area contributed by atoms with Crippen LogP contribution in [0.1, 0.15) is 16.7 Å². The van der Waals surface area contributed by atoms with E-state index in [0.717, 1.165) is 34.4 Å². The zero-order valence-corrected chi connectivity index (χ0v) is 16.1. The Bertz CT molecular complexity index is 1030. The summed E-state index contributed by atoms with van der Waals surface area (Å²) in [5, 5.41) is 3.03. The third kappa shape index (κ3) is 4.30. The molecule has 1 amide bonds. The molecule has 0 atom stereocenters. The summed E-state index contributed by atoms with van der Waals surface area (Å²) in [6.07, 6.45) is -2.03. The number of carbonyl (C=O) groups excluding carboxylic acids is 1. The number of alkyl halides is 3. The highest BCUT2D eigenvalue weighted by Gasteiger charge is 2.30. The normalized spacial score (nSPS) is 13.6. The predicted octanol–water partition coefficient (Wildman–Crippen LogP) is 4.76. The number of pyridine rings is 1. The average molecular weight is 411 g/mol. The van der Waals surface area contributed by atoms with Crippen LogP contribution in [0.2, 0.25) is 0 Å². The summed E-state index contributed by atoms with van der Waals surface area (Å²) in [5.41, 5.74) is 3.11. The number of nitrogens with one attached hydrogen (secondary N) is 1. The van der Waals surface area contributed by atoms with Gasteiger partial charge < -0.3 is 10.2 Å². The summed E-state index contributed by atoms with van der Waals surface area (Å²) >= 11 is 0. The molecule has 4 rings (SSSR count).